The average Bonchev–Trinajstić information content (AvgIpc) is 2.56. The van der Waals surface area contributed by atoms with Crippen molar-refractivity contribution in [1.29, 1.82) is 0 Å². The van der Waals surface area contributed by atoms with Crippen molar-refractivity contribution in [1.82, 2.24) is 0 Å². The van der Waals surface area contributed by atoms with E-state index in [1.807, 2.05) is 0 Å². The third kappa shape index (κ3) is 7.01. The minimum absolute atomic E-state index is 0.127. The molecule has 2 N–H and O–H groups in total. The zero-order valence-corrected chi connectivity index (χ0v) is 10.1. The van der Waals surface area contributed by atoms with Gasteiger partial charge in [0.2, 0.25) is 0 Å². The standard InChI is InChI=1S/C8H8O2.C8H10O/c9-8(10)6-7-4-2-1-3-5-7;9-7-6-8-4-2-1-3-5-8/h1-5H,6H2,(H,9,10);1-5,9H,6-7H2/i6D2;6D2,7D2. The molecule has 0 bridgehead atoms. The fourth-order valence-electron chi connectivity index (χ4n) is 1.23. The first-order valence-corrected chi connectivity index (χ1v) is 5.47. The van der Waals surface area contributed by atoms with Gasteiger partial charge in [0, 0.05) is 12.0 Å². The molecule has 2 aromatic rings. The minimum atomic E-state index is -2.87. The molecule has 0 atom stereocenters. The van der Waals surface area contributed by atoms with E-state index in [1.54, 1.807) is 36.4 Å². The van der Waals surface area contributed by atoms with Crippen molar-refractivity contribution >= 4 is 5.97 Å². The van der Waals surface area contributed by atoms with Crippen molar-refractivity contribution in [2.24, 2.45) is 0 Å². The van der Waals surface area contributed by atoms with Gasteiger partial charge in [0.1, 0.15) is 0 Å². The van der Waals surface area contributed by atoms with E-state index in [-0.39, 0.29) is 11.1 Å². The number of aliphatic carboxylic acids is 1. The van der Waals surface area contributed by atoms with Crippen LogP contribution in [0.1, 0.15) is 19.4 Å². The summed E-state index contributed by atoms with van der Waals surface area (Å²) in [6, 6.07) is 15.6. The first-order valence-electron chi connectivity index (χ1n) is 8.47. The normalized spacial score (nSPS) is 16.3. The Morgan fingerprint density at radius 1 is 0.947 bits per heavy atom. The van der Waals surface area contributed by atoms with Crippen LogP contribution in [0.15, 0.2) is 60.7 Å². The van der Waals surface area contributed by atoms with Gasteiger partial charge < -0.3 is 10.2 Å². The molecule has 100 valence electrons. The van der Waals surface area contributed by atoms with Gasteiger partial charge in [-0.1, -0.05) is 60.7 Å². The number of aliphatic hydroxyl groups is 1. The highest BCUT2D eigenvalue weighted by molar-refractivity contribution is 5.70. The van der Waals surface area contributed by atoms with E-state index in [0.29, 0.717) is 0 Å². The van der Waals surface area contributed by atoms with Crippen LogP contribution in [0.2, 0.25) is 0 Å². The van der Waals surface area contributed by atoms with E-state index >= 15 is 0 Å². The molecule has 0 aliphatic heterocycles. The summed E-state index contributed by atoms with van der Waals surface area (Å²) < 4.78 is 42.9. The van der Waals surface area contributed by atoms with Crippen molar-refractivity contribution in [2.75, 3.05) is 6.56 Å². The maximum absolute atomic E-state index is 10.4. The Labute approximate surface area is 121 Å². The molecule has 0 heterocycles. The maximum atomic E-state index is 10.4. The summed E-state index contributed by atoms with van der Waals surface area (Å²) in [7, 11) is 0. The molecule has 0 aromatic heterocycles. The minimum Gasteiger partial charge on any atom is -0.481 e. The molecular weight excluding hydrogens is 240 g/mol. The molecule has 2 rings (SSSR count). The summed E-state index contributed by atoms with van der Waals surface area (Å²) in [5, 5.41) is 17.5. The quantitative estimate of drug-likeness (QED) is 0.892. The molecule has 3 heteroatoms. The molecule has 0 radical (unpaired) electrons. The van der Waals surface area contributed by atoms with Gasteiger partial charge in [0.15, 0.2) is 0 Å². The number of carbonyl (C=O) groups is 1. The average molecular weight is 264 g/mol. The van der Waals surface area contributed by atoms with Crippen molar-refractivity contribution in [3.05, 3.63) is 71.8 Å². The van der Waals surface area contributed by atoms with E-state index in [2.05, 4.69) is 0 Å². The molecule has 0 saturated carbocycles. The highest BCUT2D eigenvalue weighted by atomic mass is 16.4. The van der Waals surface area contributed by atoms with Crippen LogP contribution in [-0.4, -0.2) is 22.7 Å². The van der Waals surface area contributed by atoms with Crippen LogP contribution in [0.25, 0.3) is 0 Å². The molecule has 0 aliphatic rings. The fourth-order valence-corrected chi connectivity index (χ4v) is 1.23. The Hall–Kier alpha value is -2.13. The second-order valence-corrected chi connectivity index (χ2v) is 3.40. The summed E-state index contributed by atoms with van der Waals surface area (Å²) in [6.45, 7) is -2.87. The van der Waals surface area contributed by atoms with Gasteiger partial charge in [-0.3, -0.25) is 4.79 Å². The fraction of sp³-hybridized carbons (Fsp3) is 0.188. The van der Waals surface area contributed by atoms with Crippen LogP contribution in [-0.2, 0) is 17.5 Å². The van der Waals surface area contributed by atoms with E-state index in [1.165, 1.54) is 24.3 Å². The lowest BCUT2D eigenvalue weighted by atomic mass is 10.2. The molecule has 0 amide bonds. The number of benzene rings is 2. The number of aryl methyl sites for hydroxylation is 1. The van der Waals surface area contributed by atoms with Gasteiger partial charge in [0.25, 0.3) is 0 Å². The molecule has 19 heavy (non-hydrogen) atoms. The van der Waals surface area contributed by atoms with E-state index < -0.39 is 25.3 Å². The first kappa shape index (κ1) is 8.12. The first-order chi connectivity index (χ1) is 11.4. The zero-order chi connectivity index (χ0) is 19.3. The summed E-state index contributed by atoms with van der Waals surface area (Å²) in [5.74, 6) is -1.46. The van der Waals surface area contributed by atoms with Crippen LogP contribution < -0.4 is 0 Å². The van der Waals surface area contributed by atoms with Crippen molar-refractivity contribution in [3.63, 3.8) is 0 Å². The summed E-state index contributed by atoms with van der Waals surface area (Å²) >= 11 is 0. The Kier molecular flexibility index (Phi) is 3.80. The summed E-state index contributed by atoms with van der Waals surface area (Å²) in [5.41, 5.74) is 0.292. The second-order valence-electron chi connectivity index (χ2n) is 3.40. The SMILES string of the molecule is [2H]C([2H])(C(=O)O)c1ccccc1.[2H]C([2H])(O)C([2H])([2H])c1ccccc1. The lowest BCUT2D eigenvalue weighted by molar-refractivity contribution is -0.136. The smallest absolute Gasteiger partial charge is 0.307 e. The van der Waals surface area contributed by atoms with E-state index in [9.17, 15) is 4.79 Å². The molecule has 0 spiro atoms. The number of hydrogen-bond donors (Lipinski definition) is 2. The van der Waals surface area contributed by atoms with Gasteiger partial charge in [-0.25, -0.2) is 0 Å². The van der Waals surface area contributed by atoms with Crippen LogP contribution in [0.5, 0.6) is 0 Å². The number of carboxylic acid groups (broad SMARTS) is 1. The molecule has 0 fully saturated rings. The second kappa shape index (κ2) is 8.89. The van der Waals surface area contributed by atoms with Crippen LogP contribution >= 0.6 is 0 Å². The molecule has 0 saturated heterocycles. The van der Waals surface area contributed by atoms with Crippen molar-refractivity contribution < 1.29 is 23.2 Å². The third-order valence-corrected chi connectivity index (χ3v) is 2.00. The van der Waals surface area contributed by atoms with Crippen LogP contribution in [0.4, 0.5) is 0 Å². The number of rotatable bonds is 4. The summed E-state index contributed by atoms with van der Waals surface area (Å²) in [6.07, 6.45) is -4.67. The Bertz CT molecular complexity index is 684. The predicted octanol–water partition coefficient (Wildman–Crippen LogP) is 2.54. The zero-order valence-electron chi connectivity index (χ0n) is 16.1. The van der Waals surface area contributed by atoms with Gasteiger partial charge in [-0.05, 0) is 17.5 Å². The summed E-state index contributed by atoms with van der Waals surface area (Å²) in [4.78, 5) is 10.4. The van der Waals surface area contributed by atoms with Gasteiger partial charge in [-0.15, -0.1) is 0 Å². The molecule has 3 nitrogen and oxygen atoms in total. The largest absolute Gasteiger partial charge is 0.481 e. The lowest BCUT2D eigenvalue weighted by Gasteiger charge is -1.93. The van der Waals surface area contributed by atoms with E-state index in [0.717, 1.165) is 0 Å². The molecular formula is C16H18O3. The number of hydrogen-bond acceptors (Lipinski definition) is 2. The number of carboxylic acids is 1. The third-order valence-electron chi connectivity index (χ3n) is 2.00. The monoisotopic (exact) mass is 264 g/mol. The highest BCUT2D eigenvalue weighted by Crippen LogP contribution is 1.98. The van der Waals surface area contributed by atoms with Gasteiger partial charge in [-0.2, -0.15) is 0 Å². The molecule has 2 aromatic carbocycles. The Morgan fingerprint density at radius 2 is 1.42 bits per heavy atom. The predicted molar refractivity (Wildman–Crippen MR) is 75.0 cm³/mol. The lowest BCUT2D eigenvalue weighted by Crippen LogP contribution is -1.98. The van der Waals surface area contributed by atoms with Gasteiger partial charge >= 0.3 is 5.97 Å². The van der Waals surface area contributed by atoms with Crippen LogP contribution in [0.3, 0.4) is 0 Å². The van der Waals surface area contributed by atoms with Crippen molar-refractivity contribution in [2.45, 2.75) is 12.7 Å². The maximum Gasteiger partial charge on any atom is 0.307 e. The Balaban J connectivity index is 0.000000251. The van der Waals surface area contributed by atoms with Crippen LogP contribution in [0, 0.1) is 0 Å². The highest BCUT2D eigenvalue weighted by Gasteiger charge is 1.96. The molecule has 0 aliphatic carbocycles. The van der Waals surface area contributed by atoms with Gasteiger partial charge in [0.05, 0.1) is 9.11 Å². The van der Waals surface area contributed by atoms with E-state index in [4.69, 9.17) is 18.4 Å². The molecule has 0 unspecified atom stereocenters. The van der Waals surface area contributed by atoms with Crippen molar-refractivity contribution in [3.8, 4) is 0 Å². The Morgan fingerprint density at radius 3 is 1.84 bits per heavy atom. The topological polar surface area (TPSA) is 57.5 Å².